The topological polar surface area (TPSA) is 81.4 Å². The van der Waals surface area contributed by atoms with Crippen LogP contribution in [0.25, 0.3) is 11.1 Å². The highest BCUT2D eigenvalue weighted by atomic mass is 16.5. The third-order valence-electron chi connectivity index (χ3n) is 3.62. The summed E-state index contributed by atoms with van der Waals surface area (Å²) in [4.78, 5) is 23.3. The Hall–Kier alpha value is -2.66. The van der Waals surface area contributed by atoms with Gasteiger partial charge in [0.1, 0.15) is 12.6 Å². The zero-order chi connectivity index (χ0) is 17.4. The molecule has 5 heteroatoms. The van der Waals surface area contributed by atoms with Gasteiger partial charge in [-0.3, -0.25) is 9.59 Å². The molecule has 0 aliphatic heterocycles. The van der Waals surface area contributed by atoms with Crippen LogP contribution in [0.3, 0.4) is 0 Å². The fourth-order valence-corrected chi connectivity index (χ4v) is 2.35. The fourth-order valence-electron chi connectivity index (χ4n) is 2.35. The SMILES string of the molecule is CCOCC(=O)N[C@@H](Cc1ccc(-c2ccccc2)cc1)C(N)=O. The highest BCUT2D eigenvalue weighted by molar-refractivity contribution is 5.87. The van der Waals surface area contributed by atoms with E-state index in [0.717, 1.165) is 16.7 Å². The molecule has 0 saturated heterocycles. The Morgan fingerprint density at radius 2 is 1.67 bits per heavy atom. The number of carbonyl (C=O) groups is 2. The molecular formula is C19H22N2O3. The van der Waals surface area contributed by atoms with Crippen LogP contribution in [0.4, 0.5) is 0 Å². The lowest BCUT2D eigenvalue weighted by atomic mass is 10.0. The predicted molar refractivity (Wildman–Crippen MR) is 93.2 cm³/mol. The number of nitrogens with two attached hydrogens (primary N) is 1. The number of nitrogens with one attached hydrogen (secondary N) is 1. The van der Waals surface area contributed by atoms with Crippen LogP contribution >= 0.6 is 0 Å². The summed E-state index contributed by atoms with van der Waals surface area (Å²) in [5.41, 5.74) is 8.53. The first-order chi connectivity index (χ1) is 11.6. The predicted octanol–water partition coefficient (Wildman–Crippen LogP) is 1.90. The maximum atomic E-state index is 11.7. The highest BCUT2D eigenvalue weighted by Gasteiger charge is 2.18. The van der Waals surface area contributed by atoms with E-state index in [0.29, 0.717) is 13.0 Å². The number of hydrogen-bond donors (Lipinski definition) is 2. The number of carbonyl (C=O) groups excluding carboxylic acids is 2. The normalized spacial score (nSPS) is 11.7. The molecule has 1 atom stereocenters. The minimum absolute atomic E-state index is 0.0762. The third kappa shape index (κ3) is 5.21. The lowest BCUT2D eigenvalue weighted by Gasteiger charge is -2.16. The van der Waals surface area contributed by atoms with Crippen molar-refractivity contribution < 1.29 is 14.3 Å². The van der Waals surface area contributed by atoms with E-state index in [9.17, 15) is 9.59 Å². The molecule has 0 bridgehead atoms. The van der Waals surface area contributed by atoms with E-state index in [1.54, 1.807) is 6.92 Å². The van der Waals surface area contributed by atoms with Crippen LogP contribution in [0, 0.1) is 0 Å². The van der Waals surface area contributed by atoms with Gasteiger partial charge in [-0.15, -0.1) is 0 Å². The van der Waals surface area contributed by atoms with Gasteiger partial charge in [0.25, 0.3) is 0 Å². The van der Waals surface area contributed by atoms with E-state index in [1.165, 1.54) is 0 Å². The molecule has 0 aromatic heterocycles. The van der Waals surface area contributed by atoms with Gasteiger partial charge in [-0.1, -0.05) is 54.6 Å². The number of hydrogen-bond acceptors (Lipinski definition) is 3. The standard InChI is InChI=1S/C19H22N2O3/c1-2-24-13-18(22)21-17(19(20)23)12-14-8-10-16(11-9-14)15-6-4-3-5-7-15/h3-11,17H,2,12-13H2,1H3,(H2,20,23)(H,21,22)/t17-/m0/s1. The lowest BCUT2D eigenvalue weighted by molar-refractivity contribution is -0.130. The summed E-state index contributed by atoms with van der Waals surface area (Å²) >= 11 is 0. The van der Waals surface area contributed by atoms with Crippen LogP contribution in [0.5, 0.6) is 0 Å². The average Bonchev–Trinajstić information content (AvgIpc) is 2.60. The molecule has 0 fully saturated rings. The maximum absolute atomic E-state index is 11.7. The second kappa shape index (κ2) is 8.84. The van der Waals surface area contributed by atoms with Gasteiger partial charge in [-0.25, -0.2) is 0 Å². The van der Waals surface area contributed by atoms with Crippen LogP contribution in [0.1, 0.15) is 12.5 Å². The Morgan fingerprint density at radius 1 is 1.04 bits per heavy atom. The van der Waals surface area contributed by atoms with Crippen molar-refractivity contribution in [2.75, 3.05) is 13.2 Å². The summed E-state index contributed by atoms with van der Waals surface area (Å²) in [5.74, 6) is -0.909. The number of amides is 2. The molecule has 2 rings (SSSR count). The fraction of sp³-hybridized carbons (Fsp3) is 0.263. The largest absolute Gasteiger partial charge is 0.372 e. The molecule has 0 unspecified atom stereocenters. The molecule has 24 heavy (non-hydrogen) atoms. The van der Waals surface area contributed by atoms with E-state index in [4.69, 9.17) is 10.5 Å². The second-order valence-corrected chi connectivity index (χ2v) is 5.43. The van der Waals surface area contributed by atoms with E-state index < -0.39 is 11.9 Å². The molecule has 126 valence electrons. The summed E-state index contributed by atoms with van der Waals surface area (Å²) in [5, 5.41) is 2.61. The Labute approximate surface area is 141 Å². The summed E-state index contributed by atoms with van der Waals surface area (Å²) < 4.78 is 5.03. The zero-order valence-electron chi connectivity index (χ0n) is 13.7. The summed E-state index contributed by atoms with van der Waals surface area (Å²) in [7, 11) is 0. The van der Waals surface area contributed by atoms with Gasteiger partial charge >= 0.3 is 0 Å². The van der Waals surface area contributed by atoms with Gasteiger partial charge in [0.15, 0.2) is 0 Å². The quantitative estimate of drug-likeness (QED) is 0.777. The average molecular weight is 326 g/mol. The van der Waals surface area contributed by atoms with Crippen molar-refractivity contribution in [3.05, 3.63) is 60.2 Å². The third-order valence-corrected chi connectivity index (χ3v) is 3.62. The van der Waals surface area contributed by atoms with Crippen LogP contribution in [0.15, 0.2) is 54.6 Å². The molecule has 2 aromatic rings. The number of primary amides is 1. The van der Waals surface area contributed by atoms with Gasteiger partial charge in [0.05, 0.1) is 0 Å². The molecule has 2 amide bonds. The van der Waals surface area contributed by atoms with Crippen LogP contribution in [-0.2, 0) is 20.7 Å². The molecule has 5 nitrogen and oxygen atoms in total. The Bertz CT molecular complexity index is 669. The van der Waals surface area contributed by atoms with Crippen molar-refractivity contribution in [3.8, 4) is 11.1 Å². The molecular weight excluding hydrogens is 304 g/mol. The molecule has 3 N–H and O–H groups in total. The van der Waals surface area contributed by atoms with E-state index in [-0.39, 0.29) is 12.5 Å². The van der Waals surface area contributed by atoms with Gasteiger partial charge < -0.3 is 15.8 Å². The maximum Gasteiger partial charge on any atom is 0.246 e. The summed E-state index contributed by atoms with van der Waals surface area (Å²) in [6, 6.07) is 17.1. The first kappa shape index (κ1) is 17.7. The smallest absolute Gasteiger partial charge is 0.246 e. The van der Waals surface area contributed by atoms with Crippen molar-refractivity contribution in [2.24, 2.45) is 5.73 Å². The first-order valence-corrected chi connectivity index (χ1v) is 7.91. The van der Waals surface area contributed by atoms with Crippen LogP contribution in [-0.4, -0.2) is 31.1 Å². The van der Waals surface area contributed by atoms with Crippen LogP contribution in [0.2, 0.25) is 0 Å². The van der Waals surface area contributed by atoms with Crippen molar-refractivity contribution in [3.63, 3.8) is 0 Å². The van der Waals surface area contributed by atoms with Gasteiger partial charge in [-0.2, -0.15) is 0 Å². The van der Waals surface area contributed by atoms with Crippen molar-refractivity contribution >= 4 is 11.8 Å². The van der Waals surface area contributed by atoms with E-state index in [2.05, 4.69) is 5.32 Å². The van der Waals surface area contributed by atoms with Crippen molar-refractivity contribution in [1.82, 2.24) is 5.32 Å². The van der Waals surface area contributed by atoms with E-state index in [1.807, 2.05) is 54.6 Å². The van der Waals surface area contributed by atoms with Crippen LogP contribution < -0.4 is 11.1 Å². The summed E-state index contributed by atoms with van der Waals surface area (Å²) in [6.45, 7) is 2.16. The first-order valence-electron chi connectivity index (χ1n) is 7.91. The molecule has 0 radical (unpaired) electrons. The van der Waals surface area contributed by atoms with Gasteiger partial charge in [0, 0.05) is 13.0 Å². The second-order valence-electron chi connectivity index (χ2n) is 5.43. The number of rotatable bonds is 8. The highest BCUT2D eigenvalue weighted by Crippen LogP contribution is 2.19. The van der Waals surface area contributed by atoms with Gasteiger partial charge in [0.2, 0.25) is 11.8 Å². The van der Waals surface area contributed by atoms with E-state index >= 15 is 0 Å². The molecule has 0 aliphatic rings. The number of benzene rings is 2. The Balaban J connectivity index is 2.02. The lowest BCUT2D eigenvalue weighted by Crippen LogP contribution is -2.47. The summed E-state index contributed by atoms with van der Waals surface area (Å²) in [6.07, 6.45) is 0.349. The monoisotopic (exact) mass is 326 g/mol. The molecule has 2 aromatic carbocycles. The minimum Gasteiger partial charge on any atom is -0.372 e. The molecule has 0 heterocycles. The minimum atomic E-state index is -0.750. The zero-order valence-corrected chi connectivity index (χ0v) is 13.7. The molecule has 0 saturated carbocycles. The molecule has 0 spiro atoms. The van der Waals surface area contributed by atoms with Crippen molar-refractivity contribution in [2.45, 2.75) is 19.4 Å². The molecule has 0 aliphatic carbocycles. The Kier molecular flexibility index (Phi) is 6.51. The van der Waals surface area contributed by atoms with Crippen molar-refractivity contribution in [1.29, 1.82) is 0 Å². The van der Waals surface area contributed by atoms with Gasteiger partial charge in [-0.05, 0) is 23.6 Å². The number of ether oxygens (including phenoxy) is 1. The Morgan fingerprint density at radius 3 is 2.25 bits per heavy atom.